The number of nitrogens with one attached hydrogen (secondary N) is 1. The van der Waals surface area contributed by atoms with E-state index in [-0.39, 0.29) is 0 Å². The van der Waals surface area contributed by atoms with Crippen molar-refractivity contribution in [1.29, 1.82) is 0 Å². The molecule has 4 aliphatic heterocycles. The molecule has 0 aliphatic carbocycles. The summed E-state index contributed by atoms with van der Waals surface area (Å²) in [5, 5.41) is 136. The van der Waals surface area contributed by atoms with Crippen LogP contribution in [0.4, 0.5) is 0 Å². The van der Waals surface area contributed by atoms with Gasteiger partial charge in [-0.3, -0.25) is 4.79 Å². The Kier molecular flexibility index (Phi) is 13.8. The molecule has 0 radical (unpaired) electrons. The Morgan fingerprint density at radius 3 is 1.52 bits per heavy atom. The molecule has 280 valence electrons. The molecule has 0 saturated carbocycles. The number of rotatable bonds is 11. The maximum Gasteiger partial charge on any atom is 0.217 e. The second-order valence-electron chi connectivity index (χ2n) is 11.9. The molecule has 1 unspecified atom stereocenters. The summed E-state index contributed by atoms with van der Waals surface area (Å²) in [7, 11) is 0. The highest BCUT2D eigenvalue weighted by Gasteiger charge is 2.55. The molecule has 20 atom stereocenters. The summed E-state index contributed by atoms with van der Waals surface area (Å²) >= 11 is 0. The van der Waals surface area contributed by atoms with Gasteiger partial charge in [-0.15, -0.1) is 0 Å². The topological polar surface area (TPSA) is 357 Å². The summed E-state index contributed by atoms with van der Waals surface area (Å²) < 4.78 is 38.8. The normalized spacial score (nSPS) is 50.2. The molecule has 4 fully saturated rings. The van der Waals surface area contributed by atoms with E-state index in [0.717, 1.165) is 6.92 Å². The zero-order chi connectivity index (χ0) is 35.6. The van der Waals surface area contributed by atoms with E-state index >= 15 is 0 Å². The third kappa shape index (κ3) is 8.08. The molecule has 4 aliphatic rings. The first-order chi connectivity index (χ1) is 22.7. The molecule has 22 nitrogen and oxygen atoms in total. The van der Waals surface area contributed by atoms with Gasteiger partial charge in [-0.05, 0) is 0 Å². The average molecular weight is 708 g/mol. The number of hydrogen-bond donors (Lipinski definition) is 14. The van der Waals surface area contributed by atoms with Crippen LogP contribution in [0.15, 0.2) is 0 Å². The van der Waals surface area contributed by atoms with Gasteiger partial charge in [0.25, 0.3) is 0 Å². The minimum Gasteiger partial charge on any atom is -0.394 e. The van der Waals surface area contributed by atoms with Gasteiger partial charge in [-0.2, -0.15) is 0 Å². The average Bonchev–Trinajstić information content (AvgIpc) is 3.06. The Hall–Kier alpha value is -1.33. The monoisotopic (exact) mass is 707 g/mol. The SMILES string of the molecule is CC(=O)N[C@H]1[C@H](O[C@@H]2[C@@H](O[C@@H]3[C@H](O)[C@H](O[C@H]4[C@H](O)[C@@H](O)C(O)O[C@@H]4CO)O[C@H](CO)[C@H]3O)O[C@H](CO)[C@@H](O)[C@@H]2O)O[C@H](CO)[C@@H](O)[C@@H]1O. The minimum atomic E-state index is -2.06. The molecular formula is C26H45NO21. The quantitative estimate of drug-likeness (QED) is 0.0947. The molecule has 0 spiro atoms. The van der Waals surface area contributed by atoms with Crippen LogP contribution in [0.3, 0.4) is 0 Å². The summed E-state index contributed by atoms with van der Waals surface area (Å²) in [6, 6.07) is -1.53. The first-order valence-electron chi connectivity index (χ1n) is 15.1. The Balaban J connectivity index is 1.61. The van der Waals surface area contributed by atoms with E-state index in [1.807, 2.05) is 0 Å². The fourth-order valence-corrected chi connectivity index (χ4v) is 5.92. The molecule has 0 aromatic carbocycles. The van der Waals surface area contributed by atoms with Crippen LogP contribution in [-0.2, 0) is 38.0 Å². The van der Waals surface area contributed by atoms with Crippen molar-refractivity contribution in [3.63, 3.8) is 0 Å². The van der Waals surface area contributed by atoms with Gasteiger partial charge < -0.3 is 105 Å². The molecule has 4 heterocycles. The largest absolute Gasteiger partial charge is 0.394 e. The van der Waals surface area contributed by atoms with Crippen LogP contribution in [0.1, 0.15) is 6.92 Å². The highest BCUT2D eigenvalue weighted by atomic mass is 16.8. The number of aliphatic hydroxyl groups is 13. The van der Waals surface area contributed by atoms with Gasteiger partial charge in [0, 0.05) is 6.92 Å². The fraction of sp³-hybridized carbons (Fsp3) is 0.962. The molecule has 1 amide bonds. The lowest BCUT2D eigenvalue weighted by Gasteiger charge is -2.49. The van der Waals surface area contributed by atoms with Crippen molar-refractivity contribution < 1.29 is 104 Å². The number of carbonyl (C=O) groups is 1. The summed E-state index contributed by atoms with van der Waals surface area (Å²) in [6.07, 6.45) is -34.1. The number of amides is 1. The molecule has 4 rings (SSSR count). The van der Waals surface area contributed by atoms with Crippen LogP contribution in [0.5, 0.6) is 0 Å². The smallest absolute Gasteiger partial charge is 0.217 e. The van der Waals surface area contributed by atoms with Crippen LogP contribution in [-0.4, -0.2) is 221 Å². The van der Waals surface area contributed by atoms with Gasteiger partial charge in [-0.1, -0.05) is 0 Å². The zero-order valence-corrected chi connectivity index (χ0v) is 25.5. The van der Waals surface area contributed by atoms with E-state index < -0.39 is 155 Å². The molecule has 14 N–H and O–H groups in total. The van der Waals surface area contributed by atoms with E-state index in [1.165, 1.54) is 0 Å². The lowest BCUT2D eigenvalue weighted by atomic mass is 9.95. The van der Waals surface area contributed by atoms with Crippen LogP contribution in [0.2, 0.25) is 0 Å². The van der Waals surface area contributed by atoms with E-state index in [4.69, 9.17) is 33.2 Å². The van der Waals surface area contributed by atoms with Crippen molar-refractivity contribution in [2.45, 2.75) is 130 Å². The standard InChI is InChI=1S/C26H45NO21/c1-6(32)27-11-15(36)12(33)7(2-28)43-24(11)48-22-16(37)13(34)8(3-29)45-26(22)47-21-14(35)9(4-30)44-25(19(21)40)46-20-10(5-31)42-23(41)18(39)17(20)38/h7-26,28-31,33-41H,2-5H2,1H3,(H,27,32)/t7-,8-,9-,10-,11-,12-,13-,14-,15-,16+,17-,18-,19+,20-,21+,22+,23?,24+,25+,26-/m1/s1. The zero-order valence-electron chi connectivity index (χ0n) is 25.5. The summed E-state index contributed by atoms with van der Waals surface area (Å²) in [4.78, 5) is 11.9. The lowest BCUT2D eigenvalue weighted by Crippen LogP contribution is -2.69. The second kappa shape index (κ2) is 16.8. The highest BCUT2D eigenvalue weighted by Crippen LogP contribution is 2.34. The predicted octanol–water partition coefficient (Wildman–Crippen LogP) is -9.61. The van der Waals surface area contributed by atoms with Gasteiger partial charge in [-0.25, -0.2) is 0 Å². The van der Waals surface area contributed by atoms with Crippen molar-refractivity contribution in [1.82, 2.24) is 5.32 Å². The van der Waals surface area contributed by atoms with Gasteiger partial charge >= 0.3 is 0 Å². The molecular weight excluding hydrogens is 662 g/mol. The maximum absolute atomic E-state index is 11.9. The fourth-order valence-electron chi connectivity index (χ4n) is 5.92. The predicted molar refractivity (Wildman–Crippen MR) is 145 cm³/mol. The molecule has 48 heavy (non-hydrogen) atoms. The van der Waals surface area contributed by atoms with Gasteiger partial charge in [0.05, 0.1) is 26.4 Å². The first kappa shape index (κ1) is 39.5. The number of aliphatic hydroxyl groups excluding tert-OH is 13. The number of ether oxygens (including phenoxy) is 7. The Morgan fingerprint density at radius 2 is 0.958 bits per heavy atom. The van der Waals surface area contributed by atoms with E-state index in [2.05, 4.69) is 5.32 Å². The second-order valence-corrected chi connectivity index (χ2v) is 11.9. The van der Waals surface area contributed by atoms with Crippen LogP contribution < -0.4 is 5.32 Å². The van der Waals surface area contributed by atoms with Crippen molar-refractivity contribution in [3.8, 4) is 0 Å². The summed E-state index contributed by atoms with van der Waals surface area (Å²) in [5.41, 5.74) is 0. The highest BCUT2D eigenvalue weighted by molar-refractivity contribution is 5.73. The third-order valence-electron chi connectivity index (χ3n) is 8.61. The van der Waals surface area contributed by atoms with E-state index in [1.54, 1.807) is 0 Å². The van der Waals surface area contributed by atoms with Crippen LogP contribution in [0, 0.1) is 0 Å². The van der Waals surface area contributed by atoms with Crippen molar-refractivity contribution in [2.75, 3.05) is 26.4 Å². The minimum absolute atomic E-state index is 0.715. The lowest BCUT2D eigenvalue weighted by molar-refractivity contribution is -0.391. The Morgan fingerprint density at radius 1 is 0.500 bits per heavy atom. The molecule has 4 saturated heterocycles. The summed E-state index contributed by atoms with van der Waals surface area (Å²) in [5.74, 6) is -0.715. The third-order valence-corrected chi connectivity index (χ3v) is 8.61. The number of carbonyl (C=O) groups excluding carboxylic acids is 1. The van der Waals surface area contributed by atoms with Crippen molar-refractivity contribution in [2.24, 2.45) is 0 Å². The van der Waals surface area contributed by atoms with E-state index in [9.17, 15) is 71.2 Å². The summed E-state index contributed by atoms with van der Waals surface area (Å²) in [6.45, 7) is -2.41. The van der Waals surface area contributed by atoms with E-state index in [0.29, 0.717) is 0 Å². The Labute approximate surface area is 272 Å². The molecule has 0 bridgehead atoms. The van der Waals surface area contributed by atoms with Crippen molar-refractivity contribution in [3.05, 3.63) is 0 Å². The van der Waals surface area contributed by atoms with Gasteiger partial charge in [0.1, 0.15) is 97.6 Å². The molecule has 22 heteroatoms. The van der Waals surface area contributed by atoms with Gasteiger partial charge in [0.15, 0.2) is 25.2 Å². The molecule has 0 aromatic heterocycles. The number of hydrogen-bond acceptors (Lipinski definition) is 21. The maximum atomic E-state index is 11.9. The molecule has 0 aromatic rings. The van der Waals surface area contributed by atoms with Crippen LogP contribution >= 0.6 is 0 Å². The Bertz CT molecular complexity index is 1030. The first-order valence-corrected chi connectivity index (χ1v) is 15.1. The van der Waals surface area contributed by atoms with Crippen LogP contribution in [0.25, 0.3) is 0 Å². The van der Waals surface area contributed by atoms with Crippen molar-refractivity contribution >= 4 is 5.91 Å². The van der Waals surface area contributed by atoms with Gasteiger partial charge in [0.2, 0.25) is 5.91 Å².